The number of carbonyl (C=O) groups excluding carboxylic acids is 1. The number of carbonyl (C=O) groups is 1. The van der Waals surface area contributed by atoms with Crippen molar-refractivity contribution in [3.8, 4) is 5.88 Å². The number of rotatable bonds is 3. The van der Waals surface area contributed by atoms with Crippen LogP contribution < -0.4 is 10.3 Å². The van der Waals surface area contributed by atoms with Crippen LogP contribution in [0.1, 0.15) is 12.5 Å². The minimum atomic E-state index is -0.496. The highest BCUT2D eigenvalue weighted by molar-refractivity contribution is 9.10. The van der Waals surface area contributed by atoms with E-state index >= 15 is 0 Å². The van der Waals surface area contributed by atoms with E-state index in [1.165, 1.54) is 11.6 Å². The molecular formula is C17H12BrClN2O3. The molecule has 0 fully saturated rings. The fourth-order valence-corrected chi connectivity index (χ4v) is 2.78. The van der Waals surface area contributed by atoms with Gasteiger partial charge in [-0.1, -0.05) is 29.8 Å². The van der Waals surface area contributed by atoms with Crippen LogP contribution >= 0.6 is 27.5 Å². The summed E-state index contributed by atoms with van der Waals surface area (Å²) < 4.78 is 7.20. The van der Waals surface area contributed by atoms with Gasteiger partial charge in [-0.15, -0.1) is 5.10 Å². The molecule has 24 heavy (non-hydrogen) atoms. The number of hydrogen-bond acceptors (Lipinski definition) is 4. The predicted molar refractivity (Wildman–Crippen MR) is 95.6 cm³/mol. The number of nitrogens with zero attached hydrogens (tertiary/aromatic N) is 2. The van der Waals surface area contributed by atoms with Gasteiger partial charge in [0.1, 0.15) is 0 Å². The molecule has 0 aliphatic carbocycles. The van der Waals surface area contributed by atoms with Gasteiger partial charge in [-0.2, -0.15) is 0 Å². The summed E-state index contributed by atoms with van der Waals surface area (Å²) in [7, 11) is 0. The van der Waals surface area contributed by atoms with Crippen molar-refractivity contribution in [1.29, 1.82) is 0 Å². The van der Waals surface area contributed by atoms with Gasteiger partial charge in [-0.05, 0) is 45.8 Å². The van der Waals surface area contributed by atoms with Gasteiger partial charge in [-0.25, -0.2) is 4.68 Å². The second-order valence-electron chi connectivity index (χ2n) is 5.16. The Kier molecular flexibility index (Phi) is 4.69. The Bertz CT molecular complexity index is 1000. The molecular weight excluding hydrogens is 396 g/mol. The van der Waals surface area contributed by atoms with E-state index in [0.29, 0.717) is 15.8 Å². The minimum absolute atomic E-state index is 0.112. The molecule has 0 saturated heterocycles. The Morgan fingerprint density at radius 1 is 1.25 bits per heavy atom. The van der Waals surface area contributed by atoms with Crippen LogP contribution in [0, 0.1) is 0 Å². The number of fused-ring (bicyclic) bond motifs is 1. The van der Waals surface area contributed by atoms with E-state index in [9.17, 15) is 9.59 Å². The smallest absolute Gasteiger partial charge is 0.309 e. The first kappa shape index (κ1) is 16.7. The highest BCUT2D eigenvalue weighted by atomic mass is 79.9. The number of esters is 1. The van der Waals surface area contributed by atoms with E-state index in [-0.39, 0.29) is 18.0 Å². The Hall–Kier alpha value is -2.18. The van der Waals surface area contributed by atoms with Gasteiger partial charge >= 0.3 is 5.97 Å². The quantitative estimate of drug-likeness (QED) is 0.620. The zero-order chi connectivity index (χ0) is 17.3. The molecule has 0 spiro atoms. The fourth-order valence-electron chi connectivity index (χ4n) is 2.33. The zero-order valence-electron chi connectivity index (χ0n) is 12.6. The number of halogens is 2. The SMILES string of the molecule is CC(=O)Oc1nn(Cc2ccc(Br)c(Cl)c2)c(=O)c2ccccc12. The lowest BCUT2D eigenvalue weighted by Gasteiger charge is -2.11. The summed E-state index contributed by atoms with van der Waals surface area (Å²) in [4.78, 5) is 24.0. The maximum Gasteiger partial charge on any atom is 0.309 e. The standard InChI is InChI=1S/C17H12BrClN2O3/c1-10(22)24-16-12-4-2-3-5-13(12)17(23)21(20-16)9-11-6-7-14(18)15(19)8-11/h2-8H,9H2,1H3. The number of aromatic nitrogens is 2. The lowest BCUT2D eigenvalue weighted by atomic mass is 10.2. The molecule has 2 aromatic carbocycles. The third kappa shape index (κ3) is 3.34. The second-order valence-corrected chi connectivity index (χ2v) is 6.42. The van der Waals surface area contributed by atoms with Crippen LogP contribution in [0.4, 0.5) is 0 Å². The topological polar surface area (TPSA) is 61.2 Å². The van der Waals surface area contributed by atoms with Crippen LogP contribution in [0.5, 0.6) is 5.88 Å². The Morgan fingerprint density at radius 2 is 1.96 bits per heavy atom. The zero-order valence-corrected chi connectivity index (χ0v) is 15.0. The monoisotopic (exact) mass is 406 g/mol. The molecule has 122 valence electrons. The lowest BCUT2D eigenvalue weighted by Crippen LogP contribution is -2.25. The van der Waals surface area contributed by atoms with E-state index in [2.05, 4.69) is 21.0 Å². The van der Waals surface area contributed by atoms with Crippen LogP contribution in [-0.2, 0) is 11.3 Å². The summed E-state index contributed by atoms with van der Waals surface area (Å²) in [6.45, 7) is 1.51. The molecule has 7 heteroatoms. The Morgan fingerprint density at radius 3 is 2.62 bits per heavy atom. The van der Waals surface area contributed by atoms with Crippen molar-refractivity contribution in [3.63, 3.8) is 0 Å². The average Bonchev–Trinajstić information content (AvgIpc) is 2.55. The third-order valence-electron chi connectivity index (χ3n) is 3.39. The van der Waals surface area contributed by atoms with Gasteiger partial charge in [0.05, 0.1) is 22.3 Å². The van der Waals surface area contributed by atoms with Gasteiger partial charge in [0.2, 0.25) is 5.88 Å². The fraction of sp³-hybridized carbons (Fsp3) is 0.118. The number of ether oxygens (including phenoxy) is 1. The summed E-state index contributed by atoms with van der Waals surface area (Å²) >= 11 is 9.42. The van der Waals surface area contributed by atoms with Crippen molar-refractivity contribution < 1.29 is 9.53 Å². The molecule has 1 heterocycles. The predicted octanol–water partition coefficient (Wildman–Crippen LogP) is 3.79. The molecule has 0 saturated carbocycles. The van der Waals surface area contributed by atoms with E-state index in [0.717, 1.165) is 10.0 Å². The first-order valence-corrected chi connectivity index (χ1v) is 8.25. The molecule has 0 atom stereocenters. The van der Waals surface area contributed by atoms with Crippen molar-refractivity contribution in [2.24, 2.45) is 0 Å². The molecule has 0 N–H and O–H groups in total. The molecule has 1 aromatic heterocycles. The van der Waals surface area contributed by atoms with Gasteiger partial charge in [0.15, 0.2) is 0 Å². The van der Waals surface area contributed by atoms with Gasteiger partial charge in [0.25, 0.3) is 5.56 Å². The molecule has 0 aliphatic heterocycles. The Balaban J connectivity index is 2.13. The molecule has 0 unspecified atom stereocenters. The van der Waals surface area contributed by atoms with Gasteiger partial charge < -0.3 is 4.74 Å². The minimum Gasteiger partial charge on any atom is -0.405 e. The van der Waals surface area contributed by atoms with Crippen LogP contribution in [0.2, 0.25) is 5.02 Å². The van der Waals surface area contributed by atoms with Crippen LogP contribution in [0.15, 0.2) is 51.7 Å². The highest BCUT2D eigenvalue weighted by Crippen LogP contribution is 2.24. The normalized spacial score (nSPS) is 10.8. The van der Waals surface area contributed by atoms with Crippen LogP contribution in [0.3, 0.4) is 0 Å². The van der Waals surface area contributed by atoms with Gasteiger partial charge in [-0.3, -0.25) is 9.59 Å². The van der Waals surface area contributed by atoms with Crippen molar-refractivity contribution in [3.05, 3.63) is 67.9 Å². The first-order chi connectivity index (χ1) is 11.5. The van der Waals surface area contributed by atoms with E-state index in [1.54, 1.807) is 36.4 Å². The first-order valence-electron chi connectivity index (χ1n) is 7.08. The molecule has 3 aromatic rings. The Labute approximate surface area is 150 Å². The summed E-state index contributed by atoms with van der Waals surface area (Å²) in [5.41, 5.74) is 0.544. The van der Waals surface area contributed by atoms with Crippen molar-refractivity contribution in [1.82, 2.24) is 9.78 Å². The molecule has 0 bridgehead atoms. The number of hydrogen-bond donors (Lipinski definition) is 0. The molecule has 0 aliphatic rings. The van der Waals surface area contributed by atoms with Crippen molar-refractivity contribution >= 4 is 44.3 Å². The van der Waals surface area contributed by atoms with E-state index < -0.39 is 5.97 Å². The maximum absolute atomic E-state index is 12.6. The maximum atomic E-state index is 12.6. The summed E-state index contributed by atoms with van der Waals surface area (Å²) in [5, 5.41) is 5.68. The largest absolute Gasteiger partial charge is 0.405 e. The third-order valence-corrected chi connectivity index (χ3v) is 4.62. The number of benzene rings is 2. The van der Waals surface area contributed by atoms with Crippen LogP contribution in [-0.4, -0.2) is 15.7 Å². The summed E-state index contributed by atoms with van der Waals surface area (Å²) in [5.74, 6) is -0.384. The summed E-state index contributed by atoms with van der Waals surface area (Å²) in [6.07, 6.45) is 0. The lowest BCUT2D eigenvalue weighted by molar-refractivity contribution is -0.132. The van der Waals surface area contributed by atoms with Gasteiger partial charge in [0, 0.05) is 11.4 Å². The second kappa shape index (κ2) is 6.75. The average molecular weight is 408 g/mol. The highest BCUT2D eigenvalue weighted by Gasteiger charge is 2.13. The molecule has 0 radical (unpaired) electrons. The summed E-state index contributed by atoms with van der Waals surface area (Å²) in [6, 6.07) is 12.3. The molecule has 0 amide bonds. The molecule has 5 nitrogen and oxygen atoms in total. The molecule has 3 rings (SSSR count). The van der Waals surface area contributed by atoms with E-state index in [4.69, 9.17) is 16.3 Å². The van der Waals surface area contributed by atoms with Crippen molar-refractivity contribution in [2.75, 3.05) is 0 Å². The van der Waals surface area contributed by atoms with E-state index in [1.807, 2.05) is 6.07 Å². The van der Waals surface area contributed by atoms with Crippen molar-refractivity contribution in [2.45, 2.75) is 13.5 Å². The van der Waals surface area contributed by atoms with Crippen LogP contribution in [0.25, 0.3) is 10.8 Å².